The Morgan fingerprint density at radius 3 is 2.38 bits per heavy atom. The van der Waals surface area contributed by atoms with Crippen LogP contribution < -0.4 is 5.73 Å². The van der Waals surface area contributed by atoms with E-state index in [2.05, 4.69) is 0 Å². The maximum absolute atomic E-state index is 13.4. The lowest BCUT2D eigenvalue weighted by Crippen LogP contribution is -2.07. The van der Waals surface area contributed by atoms with Crippen molar-refractivity contribution >= 4 is 9.84 Å². The van der Waals surface area contributed by atoms with Crippen LogP contribution >= 0.6 is 0 Å². The molecule has 21 heavy (non-hydrogen) atoms. The van der Waals surface area contributed by atoms with Crippen LogP contribution in [0.15, 0.2) is 41.3 Å². The molecule has 0 saturated carbocycles. The molecular weight excluding hydrogens is 289 g/mol. The number of hydrogen-bond acceptors (Lipinski definition) is 3. The molecule has 3 nitrogen and oxygen atoms in total. The fourth-order valence-electron chi connectivity index (χ4n) is 2.08. The summed E-state index contributed by atoms with van der Waals surface area (Å²) in [5.41, 5.74) is 8.27. The van der Waals surface area contributed by atoms with Gasteiger partial charge in [-0.3, -0.25) is 0 Å². The van der Waals surface area contributed by atoms with Crippen molar-refractivity contribution in [3.05, 3.63) is 64.5 Å². The van der Waals surface area contributed by atoms with Crippen molar-refractivity contribution in [1.29, 1.82) is 0 Å². The molecule has 0 aliphatic carbocycles. The number of halogens is 1. The van der Waals surface area contributed by atoms with Gasteiger partial charge < -0.3 is 5.73 Å². The Morgan fingerprint density at radius 2 is 1.76 bits per heavy atom. The summed E-state index contributed by atoms with van der Waals surface area (Å²) in [7, 11) is -3.45. The SMILES string of the molecule is Cc1ccc(S(=O)(=O)Cc2ccc(F)c(CN)c2)cc1C. The van der Waals surface area contributed by atoms with Gasteiger partial charge in [-0.25, -0.2) is 12.8 Å². The molecule has 5 heteroatoms. The predicted octanol–water partition coefficient (Wildman–Crippen LogP) is 2.88. The van der Waals surface area contributed by atoms with E-state index < -0.39 is 15.7 Å². The second-order valence-electron chi connectivity index (χ2n) is 5.14. The van der Waals surface area contributed by atoms with E-state index >= 15 is 0 Å². The van der Waals surface area contributed by atoms with Crippen LogP contribution in [-0.2, 0) is 22.1 Å². The maximum atomic E-state index is 13.4. The number of hydrogen-bond donors (Lipinski definition) is 1. The Hall–Kier alpha value is -1.72. The zero-order chi connectivity index (χ0) is 15.6. The molecule has 2 aromatic carbocycles. The highest BCUT2D eigenvalue weighted by Crippen LogP contribution is 2.20. The third-order valence-electron chi connectivity index (χ3n) is 3.52. The standard InChI is InChI=1S/C16H18FNO2S/c1-11-3-5-15(7-12(11)2)21(19,20)10-13-4-6-16(17)14(8-13)9-18/h3-8H,9-10,18H2,1-2H3. The van der Waals surface area contributed by atoms with Crippen LogP contribution in [0.1, 0.15) is 22.3 Å². The minimum atomic E-state index is -3.45. The van der Waals surface area contributed by atoms with Gasteiger partial charge in [0, 0.05) is 12.1 Å². The van der Waals surface area contributed by atoms with E-state index in [1.807, 2.05) is 13.8 Å². The average molecular weight is 307 g/mol. The van der Waals surface area contributed by atoms with Crippen molar-refractivity contribution in [1.82, 2.24) is 0 Å². The summed E-state index contributed by atoms with van der Waals surface area (Å²) in [6.45, 7) is 3.85. The van der Waals surface area contributed by atoms with Gasteiger partial charge in [-0.1, -0.05) is 18.2 Å². The Kier molecular flexibility index (Phi) is 4.44. The van der Waals surface area contributed by atoms with Gasteiger partial charge in [0.05, 0.1) is 10.6 Å². The summed E-state index contributed by atoms with van der Waals surface area (Å²) < 4.78 is 38.2. The smallest absolute Gasteiger partial charge is 0.182 e. The van der Waals surface area contributed by atoms with Gasteiger partial charge in [-0.2, -0.15) is 0 Å². The minimum absolute atomic E-state index is 0.0450. The van der Waals surface area contributed by atoms with Crippen molar-refractivity contribution < 1.29 is 12.8 Å². The molecule has 0 aliphatic heterocycles. The van der Waals surface area contributed by atoms with Crippen molar-refractivity contribution in [2.24, 2.45) is 5.73 Å². The summed E-state index contributed by atoms with van der Waals surface area (Å²) in [5.74, 6) is -0.576. The van der Waals surface area contributed by atoms with Gasteiger partial charge >= 0.3 is 0 Å². The molecule has 112 valence electrons. The van der Waals surface area contributed by atoms with Crippen LogP contribution in [-0.4, -0.2) is 8.42 Å². The summed E-state index contributed by atoms with van der Waals surface area (Å²) in [6, 6.07) is 9.30. The molecule has 0 heterocycles. The topological polar surface area (TPSA) is 60.2 Å². The van der Waals surface area contributed by atoms with Crippen LogP contribution in [0.25, 0.3) is 0 Å². The van der Waals surface area contributed by atoms with Crippen molar-refractivity contribution in [3.63, 3.8) is 0 Å². The first-order valence-corrected chi connectivity index (χ1v) is 8.26. The largest absolute Gasteiger partial charge is 0.326 e. The molecule has 0 saturated heterocycles. The van der Waals surface area contributed by atoms with Crippen LogP contribution in [0, 0.1) is 19.7 Å². The van der Waals surface area contributed by atoms with Crippen LogP contribution in [0.4, 0.5) is 4.39 Å². The molecule has 0 fully saturated rings. The third-order valence-corrected chi connectivity index (χ3v) is 5.21. The number of aryl methyl sites for hydroxylation is 2. The van der Waals surface area contributed by atoms with Crippen molar-refractivity contribution in [3.8, 4) is 0 Å². The molecular formula is C16H18FNO2S. The van der Waals surface area contributed by atoms with Gasteiger partial charge in [0.25, 0.3) is 0 Å². The lowest BCUT2D eigenvalue weighted by atomic mass is 10.1. The second kappa shape index (κ2) is 5.95. The van der Waals surface area contributed by atoms with Gasteiger partial charge in [-0.05, 0) is 48.7 Å². The van der Waals surface area contributed by atoms with E-state index in [-0.39, 0.29) is 17.2 Å². The zero-order valence-corrected chi connectivity index (χ0v) is 12.9. The summed E-state index contributed by atoms with van der Waals surface area (Å²) in [5, 5.41) is 0. The fraction of sp³-hybridized carbons (Fsp3) is 0.250. The van der Waals surface area contributed by atoms with E-state index in [0.717, 1.165) is 11.1 Å². The van der Waals surface area contributed by atoms with Crippen molar-refractivity contribution in [2.45, 2.75) is 31.0 Å². The Labute approximate surface area is 124 Å². The molecule has 0 radical (unpaired) electrons. The molecule has 0 atom stereocenters. The molecule has 0 unspecified atom stereocenters. The van der Waals surface area contributed by atoms with E-state index in [1.54, 1.807) is 18.2 Å². The molecule has 2 rings (SSSR count). The number of benzene rings is 2. The molecule has 0 aliphatic rings. The number of rotatable bonds is 4. The second-order valence-corrected chi connectivity index (χ2v) is 7.12. The van der Waals surface area contributed by atoms with Crippen LogP contribution in [0.2, 0.25) is 0 Å². The highest BCUT2D eigenvalue weighted by Gasteiger charge is 2.16. The number of nitrogens with two attached hydrogens (primary N) is 1. The lowest BCUT2D eigenvalue weighted by Gasteiger charge is -2.09. The molecule has 0 spiro atoms. The summed E-state index contributed by atoms with van der Waals surface area (Å²) in [4.78, 5) is 0.282. The highest BCUT2D eigenvalue weighted by atomic mass is 32.2. The van der Waals surface area contributed by atoms with Crippen molar-refractivity contribution in [2.75, 3.05) is 0 Å². The first-order valence-electron chi connectivity index (χ1n) is 6.61. The van der Waals surface area contributed by atoms with E-state index in [9.17, 15) is 12.8 Å². The maximum Gasteiger partial charge on any atom is 0.182 e. The summed E-state index contributed by atoms with van der Waals surface area (Å²) >= 11 is 0. The van der Waals surface area contributed by atoms with E-state index in [4.69, 9.17) is 5.73 Å². The monoisotopic (exact) mass is 307 g/mol. The Bertz CT molecular complexity index is 770. The first-order chi connectivity index (χ1) is 9.83. The molecule has 0 aromatic heterocycles. The van der Waals surface area contributed by atoms with Gasteiger partial charge in [0.2, 0.25) is 0 Å². The number of sulfone groups is 1. The Morgan fingerprint density at radius 1 is 1.05 bits per heavy atom. The van der Waals surface area contributed by atoms with Gasteiger partial charge in [-0.15, -0.1) is 0 Å². The van der Waals surface area contributed by atoms with E-state index in [1.165, 1.54) is 18.2 Å². The fourth-order valence-corrected chi connectivity index (χ4v) is 3.50. The quantitative estimate of drug-likeness (QED) is 0.945. The summed E-state index contributed by atoms with van der Waals surface area (Å²) in [6.07, 6.45) is 0. The molecule has 0 bridgehead atoms. The van der Waals surface area contributed by atoms with Gasteiger partial charge in [0.15, 0.2) is 9.84 Å². The molecule has 0 amide bonds. The third kappa shape index (κ3) is 3.49. The zero-order valence-electron chi connectivity index (χ0n) is 12.1. The average Bonchev–Trinajstić information content (AvgIpc) is 2.43. The predicted molar refractivity (Wildman–Crippen MR) is 81.1 cm³/mol. The van der Waals surface area contributed by atoms with E-state index in [0.29, 0.717) is 11.1 Å². The van der Waals surface area contributed by atoms with Crippen LogP contribution in [0.5, 0.6) is 0 Å². The normalized spacial score (nSPS) is 11.6. The first kappa shape index (κ1) is 15.7. The lowest BCUT2D eigenvalue weighted by molar-refractivity contribution is 0.594. The minimum Gasteiger partial charge on any atom is -0.326 e. The van der Waals surface area contributed by atoms with Gasteiger partial charge in [0.1, 0.15) is 5.82 Å². The molecule has 2 aromatic rings. The molecule has 2 N–H and O–H groups in total. The Balaban J connectivity index is 2.35. The van der Waals surface area contributed by atoms with Crippen LogP contribution in [0.3, 0.4) is 0 Å². The highest BCUT2D eigenvalue weighted by molar-refractivity contribution is 7.90.